The minimum absolute atomic E-state index is 0.0264. The topological polar surface area (TPSA) is 67.2 Å². The smallest absolute Gasteiger partial charge is 0.354 e. The molecule has 0 spiro atoms. The molecule has 1 aliphatic carbocycles. The highest BCUT2D eigenvalue weighted by atomic mass is 19.4. The minimum atomic E-state index is -4.50. The molecule has 1 aliphatic heterocycles. The maximum absolute atomic E-state index is 13.3. The summed E-state index contributed by atoms with van der Waals surface area (Å²) >= 11 is 0. The van der Waals surface area contributed by atoms with Crippen molar-refractivity contribution in [3.8, 4) is 0 Å². The van der Waals surface area contributed by atoms with Gasteiger partial charge in [-0.3, -0.25) is 14.3 Å². The summed E-state index contributed by atoms with van der Waals surface area (Å²) in [6.45, 7) is 0.420. The maximum Gasteiger partial charge on any atom is 0.435 e. The number of carbonyl (C=O) groups excluding carboxylic acids is 2. The van der Waals surface area contributed by atoms with Crippen molar-refractivity contribution in [1.82, 2.24) is 15.1 Å². The zero-order chi connectivity index (χ0) is 22.2. The fourth-order valence-corrected chi connectivity index (χ4v) is 4.27. The number of alkyl halides is 3. The van der Waals surface area contributed by atoms with E-state index in [0.717, 1.165) is 6.42 Å². The first-order chi connectivity index (χ1) is 14.7. The second-order valence-corrected chi connectivity index (χ2v) is 7.87. The van der Waals surface area contributed by atoms with Crippen LogP contribution in [-0.4, -0.2) is 34.7 Å². The van der Waals surface area contributed by atoms with Gasteiger partial charge in [-0.1, -0.05) is 0 Å². The molecule has 2 heterocycles. The zero-order valence-electron chi connectivity index (χ0n) is 16.7. The third-order valence-corrected chi connectivity index (χ3v) is 5.78. The normalized spacial score (nSPS) is 18.9. The van der Waals surface area contributed by atoms with Crippen LogP contribution >= 0.6 is 0 Å². The van der Waals surface area contributed by atoms with Gasteiger partial charge in [-0.05, 0) is 49.9 Å². The molecule has 1 atom stereocenters. The average molecular weight is 438 g/mol. The second kappa shape index (κ2) is 8.32. The van der Waals surface area contributed by atoms with E-state index in [4.69, 9.17) is 0 Å². The van der Waals surface area contributed by atoms with Gasteiger partial charge in [0.25, 0.3) is 0 Å². The van der Waals surface area contributed by atoms with Gasteiger partial charge in [0.2, 0.25) is 11.8 Å². The highest BCUT2D eigenvalue weighted by molar-refractivity contribution is 6.00. The van der Waals surface area contributed by atoms with E-state index in [2.05, 4.69) is 10.4 Å². The molecule has 2 amide bonds. The van der Waals surface area contributed by atoms with E-state index in [1.807, 2.05) is 0 Å². The summed E-state index contributed by atoms with van der Waals surface area (Å²) in [6, 6.07) is 5.45. The Morgan fingerprint density at radius 2 is 1.87 bits per heavy atom. The number of rotatable bonds is 5. The summed E-state index contributed by atoms with van der Waals surface area (Å²) in [5.41, 5.74) is 0.544. The van der Waals surface area contributed by atoms with E-state index in [0.29, 0.717) is 30.6 Å². The molecule has 0 saturated carbocycles. The van der Waals surface area contributed by atoms with E-state index in [9.17, 15) is 27.2 Å². The number of amides is 2. The standard InChI is InChI=1S/C21H22F4N4O2/c22-14-5-7-15(8-6-14)28-12-13(11-18(28)30)20(31)26-9-10-29-17-4-2-1-3-16(17)19(27-29)21(23,24)25/h5-8,13H,1-4,9-12H2,(H,26,31). The first kappa shape index (κ1) is 21.3. The van der Waals surface area contributed by atoms with E-state index in [1.54, 1.807) is 0 Å². The third kappa shape index (κ3) is 4.42. The molecule has 1 aromatic heterocycles. The number of nitrogens with zero attached hydrogens (tertiary/aromatic N) is 3. The molecule has 31 heavy (non-hydrogen) atoms. The molecule has 6 nitrogen and oxygen atoms in total. The van der Waals surface area contributed by atoms with Gasteiger partial charge in [0.1, 0.15) is 5.82 Å². The predicted molar refractivity (Wildman–Crippen MR) is 104 cm³/mol. The highest BCUT2D eigenvalue weighted by Crippen LogP contribution is 2.35. The number of nitrogens with one attached hydrogen (secondary N) is 1. The van der Waals surface area contributed by atoms with Crippen LogP contribution in [0.3, 0.4) is 0 Å². The molecule has 0 bridgehead atoms. The van der Waals surface area contributed by atoms with Gasteiger partial charge in [-0.25, -0.2) is 4.39 Å². The Hall–Kier alpha value is -2.91. The van der Waals surface area contributed by atoms with Crippen molar-refractivity contribution in [3.05, 3.63) is 47.0 Å². The number of hydrogen-bond acceptors (Lipinski definition) is 3. The second-order valence-electron chi connectivity index (χ2n) is 7.87. The molecular weight excluding hydrogens is 416 g/mol. The summed E-state index contributed by atoms with van der Waals surface area (Å²) in [5, 5.41) is 6.49. The van der Waals surface area contributed by atoms with Gasteiger partial charge in [0.15, 0.2) is 5.69 Å². The lowest BCUT2D eigenvalue weighted by Crippen LogP contribution is -2.35. The van der Waals surface area contributed by atoms with Crippen LogP contribution in [0.5, 0.6) is 0 Å². The average Bonchev–Trinajstić information content (AvgIpc) is 3.30. The molecule has 1 saturated heterocycles. The number of anilines is 1. The van der Waals surface area contributed by atoms with Gasteiger partial charge in [0, 0.05) is 36.5 Å². The van der Waals surface area contributed by atoms with Crippen molar-refractivity contribution in [1.29, 1.82) is 0 Å². The molecular formula is C21H22F4N4O2. The number of aromatic nitrogens is 2. The fourth-order valence-electron chi connectivity index (χ4n) is 4.27. The van der Waals surface area contributed by atoms with E-state index >= 15 is 0 Å². The molecule has 1 unspecified atom stereocenters. The van der Waals surface area contributed by atoms with Crippen LogP contribution in [0, 0.1) is 11.7 Å². The summed E-state index contributed by atoms with van der Waals surface area (Å²) < 4.78 is 54.3. The van der Waals surface area contributed by atoms with Crippen LogP contribution in [-0.2, 0) is 35.2 Å². The van der Waals surface area contributed by atoms with Crippen LogP contribution in [0.25, 0.3) is 0 Å². The molecule has 0 radical (unpaired) electrons. The van der Waals surface area contributed by atoms with E-state index in [1.165, 1.54) is 33.8 Å². The zero-order valence-corrected chi connectivity index (χ0v) is 16.7. The van der Waals surface area contributed by atoms with Crippen molar-refractivity contribution in [2.75, 3.05) is 18.0 Å². The molecule has 2 aliphatic rings. The van der Waals surface area contributed by atoms with Crippen LogP contribution in [0.2, 0.25) is 0 Å². The SMILES string of the molecule is O=C(NCCn1nc(C(F)(F)F)c2c1CCCC2)C1CC(=O)N(c2ccc(F)cc2)C1. The highest BCUT2D eigenvalue weighted by Gasteiger charge is 2.39. The lowest BCUT2D eigenvalue weighted by atomic mass is 9.95. The number of benzene rings is 1. The molecule has 1 N–H and O–H groups in total. The monoisotopic (exact) mass is 438 g/mol. The van der Waals surface area contributed by atoms with Crippen molar-refractivity contribution in [2.45, 2.75) is 44.8 Å². The molecule has 1 fully saturated rings. The number of halogens is 4. The Labute approximate surface area is 176 Å². The lowest BCUT2D eigenvalue weighted by Gasteiger charge is -2.17. The lowest BCUT2D eigenvalue weighted by molar-refractivity contribution is -0.142. The fraction of sp³-hybridized carbons (Fsp3) is 0.476. The largest absolute Gasteiger partial charge is 0.435 e. The molecule has 4 rings (SSSR count). The maximum atomic E-state index is 13.3. The van der Waals surface area contributed by atoms with Crippen LogP contribution in [0.4, 0.5) is 23.2 Å². The summed E-state index contributed by atoms with van der Waals surface area (Å²) in [7, 11) is 0. The van der Waals surface area contributed by atoms with Crippen molar-refractivity contribution >= 4 is 17.5 Å². The Balaban J connectivity index is 1.36. The minimum Gasteiger partial charge on any atom is -0.354 e. The number of hydrogen-bond donors (Lipinski definition) is 1. The molecule has 2 aromatic rings. The number of carbonyl (C=O) groups is 2. The first-order valence-corrected chi connectivity index (χ1v) is 10.2. The Bertz CT molecular complexity index is 985. The van der Waals surface area contributed by atoms with E-state index in [-0.39, 0.29) is 43.4 Å². The van der Waals surface area contributed by atoms with Crippen LogP contribution < -0.4 is 10.2 Å². The molecule has 10 heteroatoms. The van der Waals surface area contributed by atoms with Crippen LogP contribution in [0.1, 0.15) is 36.2 Å². The Morgan fingerprint density at radius 3 is 2.58 bits per heavy atom. The molecule has 166 valence electrons. The third-order valence-electron chi connectivity index (χ3n) is 5.78. The number of fused-ring (bicyclic) bond motifs is 1. The Morgan fingerprint density at radius 1 is 1.16 bits per heavy atom. The Kier molecular flexibility index (Phi) is 5.72. The predicted octanol–water partition coefficient (Wildman–Crippen LogP) is 3.09. The summed E-state index contributed by atoms with van der Waals surface area (Å²) in [6.07, 6.45) is -2.05. The van der Waals surface area contributed by atoms with Crippen molar-refractivity contribution in [2.24, 2.45) is 5.92 Å². The van der Waals surface area contributed by atoms with Gasteiger partial charge < -0.3 is 10.2 Å². The van der Waals surface area contributed by atoms with Gasteiger partial charge in [-0.2, -0.15) is 18.3 Å². The summed E-state index contributed by atoms with van der Waals surface area (Å²) in [5.74, 6) is -1.56. The van der Waals surface area contributed by atoms with Crippen molar-refractivity contribution < 1.29 is 27.2 Å². The van der Waals surface area contributed by atoms with Gasteiger partial charge >= 0.3 is 6.18 Å². The quantitative estimate of drug-likeness (QED) is 0.730. The molecule has 1 aromatic carbocycles. The van der Waals surface area contributed by atoms with E-state index < -0.39 is 23.6 Å². The van der Waals surface area contributed by atoms with Gasteiger partial charge in [0.05, 0.1) is 12.5 Å². The van der Waals surface area contributed by atoms with Gasteiger partial charge in [-0.15, -0.1) is 0 Å². The summed E-state index contributed by atoms with van der Waals surface area (Å²) in [4.78, 5) is 26.2. The first-order valence-electron chi connectivity index (χ1n) is 10.2. The van der Waals surface area contributed by atoms with Crippen molar-refractivity contribution in [3.63, 3.8) is 0 Å². The van der Waals surface area contributed by atoms with Crippen LogP contribution in [0.15, 0.2) is 24.3 Å².